The predicted octanol–water partition coefficient (Wildman–Crippen LogP) is 0.491. The van der Waals surface area contributed by atoms with Gasteiger partial charge in [0.15, 0.2) is 0 Å². The van der Waals surface area contributed by atoms with Crippen molar-refractivity contribution in [1.82, 2.24) is 14.5 Å². The van der Waals surface area contributed by atoms with Gasteiger partial charge in [-0.15, -0.1) is 0 Å². The topological polar surface area (TPSA) is 79.0 Å². The molecule has 1 aromatic carbocycles. The Bertz CT molecular complexity index is 628. The van der Waals surface area contributed by atoms with Crippen LogP contribution in [0.2, 0.25) is 0 Å². The van der Waals surface area contributed by atoms with Gasteiger partial charge in [0, 0.05) is 26.2 Å². The molecule has 128 valence electrons. The van der Waals surface area contributed by atoms with Gasteiger partial charge in [-0.1, -0.05) is 0 Å². The van der Waals surface area contributed by atoms with Crippen molar-refractivity contribution in [3.8, 4) is 5.75 Å². The average molecular weight is 345 g/mol. The number of carbonyl (C=O) groups excluding carboxylic acids is 1. The minimum Gasteiger partial charge on any atom is -0.492 e. The van der Waals surface area contributed by atoms with Gasteiger partial charge in [0.1, 0.15) is 18.2 Å². The Labute approximate surface area is 135 Å². The van der Waals surface area contributed by atoms with E-state index < -0.39 is 10.0 Å². The first kappa shape index (κ1) is 17.5. The molecule has 0 aromatic heterocycles. The highest BCUT2D eigenvalue weighted by molar-refractivity contribution is 7.88. The van der Waals surface area contributed by atoms with Gasteiger partial charge in [0.25, 0.3) is 0 Å². The van der Waals surface area contributed by atoms with Crippen LogP contribution in [-0.2, 0) is 10.0 Å². The van der Waals surface area contributed by atoms with Crippen molar-refractivity contribution in [3.63, 3.8) is 0 Å². The molecule has 23 heavy (non-hydrogen) atoms. The fourth-order valence-corrected chi connectivity index (χ4v) is 3.02. The third kappa shape index (κ3) is 5.36. The van der Waals surface area contributed by atoms with Gasteiger partial charge in [-0.05, 0) is 24.3 Å². The van der Waals surface area contributed by atoms with Crippen molar-refractivity contribution in [2.45, 2.75) is 0 Å². The van der Waals surface area contributed by atoms with Crippen LogP contribution in [0.15, 0.2) is 24.3 Å². The van der Waals surface area contributed by atoms with Gasteiger partial charge in [0.2, 0.25) is 10.0 Å². The van der Waals surface area contributed by atoms with Crippen LogP contribution in [0.25, 0.3) is 0 Å². The van der Waals surface area contributed by atoms with E-state index in [4.69, 9.17) is 4.74 Å². The van der Waals surface area contributed by atoms with Crippen LogP contribution in [0.3, 0.4) is 0 Å². The van der Waals surface area contributed by atoms with Crippen LogP contribution >= 0.6 is 0 Å². The maximum absolute atomic E-state index is 12.7. The second-order valence-corrected chi connectivity index (χ2v) is 7.17. The summed E-state index contributed by atoms with van der Waals surface area (Å²) in [7, 11) is -3.20. The molecule has 0 bridgehead atoms. The van der Waals surface area contributed by atoms with E-state index >= 15 is 0 Å². The fourth-order valence-electron chi connectivity index (χ4n) is 2.19. The number of sulfonamides is 1. The van der Waals surface area contributed by atoms with Gasteiger partial charge in [-0.3, -0.25) is 0 Å². The summed E-state index contributed by atoms with van der Waals surface area (Å²) >= 11 is 0. The molecular weight excluding hydrogens is 325 g/mol. The van der Waals surface area contributed by atoms with Crippen molar-refractivity contribution in [2.24, 2.45) is 0 Å². The molecule has 9 heteroatoms. The molecule has 0 aliphatic carbocycles. The lowest BCUT2D eigenvalue weighted by atomic mass is 10.3. The number of hydrogen-bond donors (Lipinski definition) is 1. The molecule has 1 saturated heterocycles. The SMILES string of the molecule is CS(=O)(=O)N1CCN(C(=O)NCCOc2ccc(F)cc2)CC1. The van der Waals surface area contributed by atoms with E-state index in [2.05, 4.69) is 5.32 Å². The van der Waals surface area contributed by atoms with Crippen molar-refractivity contribution in [1.29, 1.82) is 0 Å². The largest absolute Gasteiger partial charge is 0.492 e. The number of piperazine rings is 1. The van der Waals surface area contributed by atoms with E-state index in [0.717, 1.165) is 6.26 Å². The molecule has 0 radical (unpaired) electrons. The van der Waals surface area contributed by atoms with Gasteiger partial charge in [-0.2, -0.15) is 4.31 Å². The molecular formula is C14H20FN3O4S. The van der Waals surface area contributed by atoms with Crippen LogP contribution < -0.4 is 10.1 Å². The highest BCUT2D eigenvalue weighted by Crippen LogP contribution is 2.10. The highest BCUT2D eigenvalue weighted by atomic mass is 32.2. The molecule has 2 rings (SSSR count). The first-order valence-electron chi connectivity index (χ1n) is 7.22. The molecule has 0 spiro atoms. The maximum atomic E-state index is 12.7. The summed E-state index contributed by atoms with van der Waals surface area (Å²) in [6.07, 6.45) is 1.16. The lowest BCUT2D eigenvalue weighted by Gasteiger charge is -2.33. The normalized spacial score (nSPS) is 16.2. The van der Waals surface area contributed by atoms with Crippen molar-refractivity contribution < 1.29 is 22.3 Å². The molecule has 2 amide bonds. The zero-order valence-corrected chi connectivity index (χ0v) is 13.7. The van der Waals surface area contributed by atoms with Crippen LogP contribution in [0.5, 0.6) is 5.75 Å². The van der Waals surface area contributed by atoms with Crippen LogP contribution in [-0.4, -0.2) is 69.2 Å². The molecule has 1 fully saturated rings. The smallest absolute Gasteiger partial charge is 0.317 e. The number of nitrogens with zero attached hydrogens (tertiary/aromatic N) is 2. The first-order valence-corrected chi connectivity index (χ1v) is 9.07. The predicted molar refractivity (Wildman–Crippen MR) is 83.3 cm³/mol. The molecule has 1 aromatic rings. The third-order valence-corrected chi connectivity index (χ3v) is 4.76. The standard InChI is InChI=1S/C14H20FN3O4S/c1-23(20,21)18-9-7-17(8-10-18)14(19)16-6-11-22-13-4-2-12(15)3-5-13/h2-5H,6-11H2,1H3,(H,16,19). The van der Waals surface area contributed by atoms with Crippen LogP contribution in [0.4, 0.5) is 9.18 Å². The molecule has 0 unspecified atom stereocenters. The first-order chi connectivity index (χ1) is 10.9. The Morgan fingerprint density at radius 1 is 1.22 bits per heavy atom. The summed E-state index contributed by atoms with van der Waals surface area (Å²) in [6, 6.07) is 5.38. The van der Waals surface area contributed by atoms with Gasteiger partial charge >= 0.3 is 6.03 Å². The van der Waals surface area contributed by atoms with E-state index in [9.17, 15) is 17.6 Å². The molecule has 1 N–H and O–H groups in total. The summed E-state index contributed by atoms with van der Waals surface area (Å²) in [4.78, 5) is 13.5. The molecule has 7 nitrogen and oxygen atoms in total. The van der Waals surface area contributed by atoms with E-state index in [1.165, 1.54) is 28.6 Å². The summed E-state index contributed by atoms with van der Waals surface area (Å²) in [5.74, 6) is 0.196. The number of nitrogens with one attached hydrogen (secondary N) is 1. The number of urea groups is 1. The van der Waals surface area contributed by atoms with Crippen molar-refractivity contribution >= 4 is 16.1 Å². The monoisotopic (exact) mass is 345 g/mol. The Hall–Kier alpha value is -1.87. The molecule has 1 aliphatic rings. The number of amides is 2. The Morgan fingerprint density at radius 2 is 1.83 bits per heavy atom. The van der Waals surface area contributed by atoms with Crippen molar-refractivity contribution in [3.05, 3.63) is 30.1 Å². The Kier molecular flexibility index (Phi) is 5.78. The quantitative estimate of drug-likeness (QED) is 0.788. The molecule has 0 atom stereocenters. The highest BCUT2D eigenvalue weighted by Gasteiger charge is 2.25. The summed E-state index contributed by atoms with van der Waals surface area (Å²) in [5, 5.41) is 2.71. The van der Waals surface area contributed by atoms with E-state index in [-0.39, 0.29) is 18.5 Å². The number of halogens is 1. The second-order valence-electron chi connectivity index (χ2n) is 5.18. The van der Waals surface area contributed by atoms with E-state index in [0.29, 0.717) is 38.5 Å². The number of ether oxygens (including phenoxy) is 1. The van der Waals surface area contributed by atoms with Crippen LogP contribution in [0, 0.1) is 5.82 Å². The lowest BCUT2D eigenvalue weighted by Crippen LogP contribution is -2.53. The van der Waals surface area contributed by atoms with Crippen LogP contribution in [0.1, 0.15) is 0 Å². The summed E-state index contributed by atoms with van der Waals surface area (Å²) in [5.41, 5.74) is 0. The van der Waals surface area contributed by atoms with Gasteiger partial charge in [-0.25, -0.2) is 17.6 Å². The van der Waals surface area contributed by atoms with E-state index in [1.54, 1.807) is 4.90 Å². The minimum atomic E-state index is -3.20. The fraction of sp³-hybridized carbons (Fsp3) is 0.500. The Balaban J connectivity index is 1.67. The van der Waals surface area contributed by atoms with Crippen molar-refractivity contribution in [2.75, 3.05) is 45.6 Å². The summed E-state index contributed by atoms with van der Waals surface area (Å²) in [6.45, 7) is 1.90. The summed E-state index contributed by atoms with van der Waals surface area (Å²) < 4.78 is 42.3. The third-order valence-electron chi connectivity index (χ3n) is 3.46. The average Bonchev–Trinajstić information content (AvgIpc) is 2.52. The molecule has 0 saturated carbocycles. The number of rotatable bonds is 5. The number of carbonyl (C=O) groups is 1. The second kappa shape index (κ2) is 7.60. The lowest BCUT2D eigenvalue weighted by molar-refractivity contribution is 0.170. The number of hydrogen-bond acceptors (Lipinski definition) is 4. The maximum Gasteiger partial charge on any atom is 0.317 e. The molecule has 1 aliphatic heterocycles. The molecule has 1 heterocycles. The Morgan fingerprint density at radius 3 is 2.39 bits per heavy atom. The zero-order valence-electron chi connectivity index (χ0n) is 12.9. The number of benzene rings is 1. The zero-order chi connectivity index (χ0) is 16.9. The van der Waals surface area contributed by atoms with Gasteiger partial charge < -0.3 is 15.0 Å². The minimum absolute atomic E-state index is 0.249. The van der Waals surface area contributed by atoms with E-state index in [1.807, 2.05) is 0 Å². The van der Waals surface area contributed by atoms with Gasteiger partial charge in [0.05, 0.1) is 12.8 Å².